The van der Waals surface area contributed by atoms with Gasteiger partial charge in [0.25, 0.3) is 0 Å². The van der Waals surface area contributed by atoms with E-state index in [0.29, 0.717) is 5.57 Å². The van der Waals surface area contributed by atoms with Crippen LogP contribution in [-0.2, 0) is 4.79 Å². The van der Waals surface area contributed by atoms with Crippen LogP contribution < -0.4 is 0 Å². The topological polar surface area (TPSA) is 37.3 Å². The van der Waals surface area contributed by atoms with Crippen molar-refractivity contribution in [2.75, 3.05) is 0 Å². The molecule has 0 amide bonds. The number of carbonyl (C=O) groups is 1. The normalized spacial score (nSPS) is 14.4. The molecule has 1 aliphatic carbocycles. The van der Waals surface area contributed by atoms with Gasteiger partial charge in [0, 0.05) is 8.41 Å². The molecule has 3 heteroatoms. The Morgan fingerprint density at radius 2 is 2.20 bits per heavy atom. The first-order valence-electron chi connectivity index (χ1n) is 2.53. The van der Waals surface area contributed by atoms with E-state index in [2.05, 4.69) is 6.58 Å². The van der Waals surface area contributed by atoms with Crippen molar-refractivity contribution in [1.82, 2.24) is 0 Å². The van der Waals surface area contributed by atoms with Gasteiger partial charge in [-0.3, -0.25) is 0 Å². The third-order valence-corrected chi connectivity index (χ3v) is 1.14. The summed E-state index contributed by atoms with van der Waals surface area (Å²) in [4.78, 5) is 10.2. The summed E-state index contributed by atoms with van der Waals surface area (Å²) in [6, 6.07) is 0. The van der Waals surface area contributed by atoms with Crippen molar-refractivity contribution in [3.8, 4) is 0 Å². The fourth-order valence-electron chi connectivity index (χ4n) is 0.666. The predicted molar refractivity (Wildman–Crippen MR) is 39.8 cm³/mol. The molecule has 0 aromatic rings. The van der Waals surface area contributed by atoms with Gasteiger partial charge in [0.15, 0.2) is 0 Å². The lowest BCUT2D eigenvalue weighted by molar-refractivity contribution is -0.132. The second-order valence-electron chi connectivity index (χ2n) is 1.77. The number of aliphatic carboxylic acids is 1. The Balaban J connectivity index is 0.000000810. The molecule has 2 nitrogen and oxygen atoms in total. The number of hydrogen-bond acceptors (Lipinski definition) is 1. The zero-order valence-corrected chi connectivity index (χ0v) is 5.37. The molecule has 0 bridgehead atoms. The van der Waals surface area contributed by atoms with Crippen LogP contribution in [0.15, 0.2) is 36.0 Å². The number of allylic oxidation sites excluding steroid dienone is 3. The van der Waals surface area contributed by atoms with E-state index >= 15 is 0 Å². The standard InChI is InChI=1S/C7H6O2.B/c1-5-3-2-4-6(5)7(8)9;/h2-4H,1H2,(H,8,9);. The number of carboxylic acids is 1. The van der Waals surface area contributed by atoms with Crippen molar-refractivity contribution in [3.05, 3.63) is 36.0 Å². The Hall–Kier alpha value is -1.25. The molecule has 1 N–H and O–H groups in total. The van der Waals surface area contributed by atoms with Crippen LogP contribution in [0.25, 0.3) is 0 Å². The molecule has 0 aliphatic heterocycles. The molecule has 0 fully saturated rings. The molecule has 0 saturated heterocycles. The second-order valence-corrected chi connectivity index (χ2v) is 1.77. The molecule has 0 heterocycles. The first-order valence-corrected chi connectivity index (χ1v) is 2.53. The molecule has 0 atom stereocenters. The van der Waals surface area contributed by atoms with Crippen LogP contribution >= 0.6 is 0 Å². The Morgan fingerprint density at radius 1 is 1.60 bits per heavy atom. The lowest BCUT2D eigenvalue weighted by atomic mass is 10.2. The predicted octanol–water partition coefficient (Wildman–Crippen LogP) is 0.743. The van der Waals surface area contributed by atoms with E-state index < -0.39 is 5.97 Å². The highest BCUT2D eigenvalue weighted by Gasteiger charge is 2.10. The van der Waals surface area contributed by atoms with E-state index in [4.69, 9.17) is 5.11 Å². The Labute approximate surface area is 61.1 Å². The van der Waals surface area contributed by atoms with Crippen LogP contribution in [0.1, 0.15) is 0 Å². The number of hydrogen-bond donors (Lipinski definition) is 1. The van der Waals surface area contributed by atoms with Crippen LogP contribution in [0.3, 0.4) is 0 Å². The molecule has 1 aliphatic rings. The first kappa shape index (κ1) is 8.75. The van der Waals surface area contributed by atoms with Gasteiger partial charge in [0.1, 0.15) is 0 Å². The van der Waals surface area contributed by atoms with Crippen molar-refractivity contribution >= 4 is 14.4 Å². The summed E-state index contributed by atoms with van der Waals surface area (Å²) >= 11 is 0. The molecule has 0 unspecified atom stereocenters. The van der Waals surface area contributed by atoms with Gasteiger partial charge < -0.3 is 5.11 Å². The summed E-state index contributed by atoms with van der Waals surface area (Å²) in [5.41, 5.74) is 0.859. The molecule has 0 spiro atoms. The van der Waals surface area contributed by atoms with E-state index in [1.54, 1.807) is 12.2 Å². The third-order valence-electron chi connectivity index (χ3n) is 1.14. The summed E-state index contributed by atoms with van der Waals surface area (Å²) in [7, 11) is 0. The highest BCUT2D eigenvalue weighted by molar-refractivity contribution is 5.94. The highest BCUT2D eigenvalue weighted by Crippen LogP contribution is 2.15. The molecular weight excluding hydrogens is 127 g/mol. The van der Waals surface area contributed by atoms with Crippen molar-refractivity contribution in [2.24, 2.45) is 0 Å². The minimum atomic E-state index is -0.912. The van der Waals surface area contributed by atoms with Crippen molar-refractivity contribution < 1.29 is 9.90 Å². The lowest BCUT2D eigenvalue weighted by Gasteiger charge is -1.92. The number of rotatable bonds is 1. The maximum Gasteiger partial charge on any atom is 0.336 e. The maximum absolute atomic E-state index is 10.2. The van der Waals surface area contributed by atoms with E-state index in [1.807, 2.05) is 0 Å². The zero-order valence-electron chi connectivity index (χ0n) is 5.37. The fraction of sp³-hybridized carbons (Fsp3) is 0. The minimum Gasteiger partial charge on any atom is -0.478 e. The average Bonchev–Trinajstić information content (AvgIpc) is 2.13. The Kier molecular flexibility index (Phi) is 2.68. The summed E-state index contributed by atoms with van der Waals surface area (Å²) in [5.74, 6) is -0.912. The van der Waals surface area contributed by atoms with Crippen LogP contribution in [0, 0.1) is 0 Å². The SMILES string of the molecule is C=C1C=CC=C1C(=O)O.[B]. The molecule has 1 rings (SSSR count). The average molecular weight is 133 g/mol. The highest BCUT2D eigenvalue weighted by atomic mass is 16.4. The molecular formula is C7H6BO2. The molecule has 0 aromatic carbocycles. The van der Waals surface area contributed by atoms with Crippen LogP contribution in [0.4, 0.5) is 0 Å². The van der Waals surface area contributed by atoms with Gasteiger partial charge in [-0.25, -0.2) is 4.79 Å². The summed E-state index contributed by atoms with van der Waals surface area (Å²) in [6.45, 7) is 3.52. The molecule has 0 saturated carbocycles. The van der Waals surface area contributed by atoms with Gasteiger partial charge in [0.2, 0.25) is 0 Å². The van der Waals surface area contributed by atoms with Crippen LogP contribution in [0.2, 0.25) is 0 Å². The van der Waals surface area contributed by atoms with Gasteiger partial charge in [-0.1, -0.05) is 18.7 Å². The second kappa shape index (κ2) is 3.06. The van der Waals surface area contributed by atoms with Crippen molar-refractivity contribution in [3.63, 3.8) is 0 Å². The molecule has 0 aromatic heterocycles. The minimum absolute atomic E-state index is 0. The van der Waals surface area contributed by atoms with Gasteiger partial charge >= 0.3 is 5.97 Å². The van der Waals surface area contributed by atoms with Crippen molar-refractivity contribution in [2.45, 2.75) is 0 Å². The molecule has 49 valence electrons. The van der Waals surface area contributed by atoms with E-state index in [1.165, 1.54) is 6.08 Å². The van der Waals surface area contributed by atoms with Gasteiger partial charge in [-0.15, -0.1) is 0 Å². The molecule has 10 heavy (non-hydrogen) atoms. The van der Waals surface area contributed by atoms with E-state index in [0.717, 1.165) is 0 Å². The largest absolute Gasteiger partial charge is 0.478 e. The monoisotopic (exact) mass is 133 g/mol. The lowest BCUT2D eigenvalue weighted by Crippen LogP contribution is -1.98. The summed E-state index contributed by atoms with van der Waals surface area (Å²) in [6.07, 6.45) is 4.87. The maximum atomic E-state index is 10.2. The first-order chi connectivity index (χ1) is 4.22. The van der Waals surface area contributed by atoms with E-state index in [-0.39, 0.29) is 14.0 Å². The fourth-order valence-corrected chi connectivity index (χ4v) is 0.666. The third kappa shape index (κ3) is 1.38. The smallest absolute Gasteiger partial charge is 0.336 e. The van der Waals surface area contributed by atoms with Crippen LogP contribution in [-0.4, -0.2) is 19.5 Å². The van der Waals surface area contributed by atoms with Gasteiger partial charge in [-0.05, 0) is 11.6 Å². The number of carboxylic acid groups (broad SMARTS) is 1. The van der Waals surface area contributed by atoms with Gasteiger partial charge in [0.05, 0.1) is 5.57 Å². The zero-order chi connectivity index (χ0) is 6.85. The van der Waals surface area contributed by atoms with E-state index in [9.17, 15) is 4.79 Å². The summed E-state index contributed by atoms with van der Waals surface area (Å²) in [5, 5.41) is 8.41. The van der Waals surface area contributed by atoms with Crippen molar-refractivity contribution in [1.29, 1.82) is 0 Å². The Morgan fingerprint density at radius 3 is 2.40 bits per heavy atom. The Bertz CT molecular complexity index is 226. The quantitative estimate of drug-likeness (QED) is 0.535. The molecule has 3 radical (unpaired) electrons. The summed E-state index contributed by atoms with van der Waals surface area (Å²) < 4.78 is 0. The van der Waals surface area contributed by atoms with Crippen LogP contribution in [0.5, 0.6) is 0 Å². The van der Waals surface area contributed by atoms with Gasteiger partial charge in [-0.2, -0.15) is 0 Å².